The molecule has 2 rings (SSSR count). The Kier molecular flexibility index (Phi) is 1.77. The number of aromatic nitrogens is 1. The Morgan fingerprint density at radius 1 is 1.50 bits per heavy atom. The Balaban J connectivity index is 2.49. The van der Waals surface area contributed by atoms with Crippen molar-refractivity contribution in [1.29, 1.82) is 0 Å². The molecular weight excluding hydrogens is 156 g/mol. The van der Waals surface area contributed by atoms with E-state index >= 15 is 0 Å². The Hall–Kier alpha value is -1.03. The molecule has 0 bridgehead atoms. The summed E-state index contributed by atoms with van der Waals surface area (Å²) in [5, 5.41) is 2.33. The first-order chi connectivity index (χ1) is 5.79. The van der Waals surface area contributed by atoms with Gasteiger partial charge >= 0.3 is 0 Å². The number of nitrogens with one attached hydrogen (secondary N) is 1. The third kappa shape index (κ3) is 1.08. The highest BCUT2D eigenvalue weighted by Crippen LogP contribution is 2.23. The molecule has 0 radical (unpaired) electrons. The number of H-pyrrole nitrogens is 1. The maximum absolute atomic E-state index is 11.2. The van der Waals surface area contributed by atoms with E-state index in [2.05, 4.69) is 5.16 Å². The van der Waals surface area contributed by atoms with Crippen LogP contribution < -0.4 is 11.3 Å². The predicted octanol–water partition coefficient (Wildman–Crippen LogP) is 0.694. The van der Waals surface area contributed by atoms with Gasteiger partial charge in [-0.3, -0.25) is 4.79 Å². The highest BCUT2D eigenvalue weighted by Gasteiger charge is 2.21. The highest BCUT2D eigenvalue weighted by molar-refractivity contribution is 5.19. The topological polar surface area (TPSA) is 72.0 Å². The smallest absolute Gasteiger partial charge is 0.284 e. The molecule has 0 spiro atoms. The molecule has 0 saturated carbocycles. The lowest BCUT2D eigenvalue weighted by atomic mass is 10.1. The second-order valence-corrected chi connectivity index (χ2v) is 3.22. The van der Waals surface area contributed by atoms with E-state index in [-0.39, 0.29) is 11.6 Å². The molecule has 0 aliphatic heterocycles. The fraction of sp³-hybridized carbons (Fsp3) is 0.625. The minimum Gasteiger partial charge on any atom is -0.383 e. The van der Waals surface area contributed by atoms with E-state index in [0.29, 0.717) is 5.56 Å². The van der Waals surface area contributed by atoms with Crippen LogP contribution in [-0.2, 0) is 6.42 Å². The molecular formula is C8H12N2O2. The van der Waals surface area contributed by atoms with Crippen LogP contribution in [0.2, 0.25) is 0 Å². The van der Waals surface area contributed by atoms with Gasteiger partial charge in [0, 0.05) is 12.5 Å². The van der Waals surface area contributed by atoms with Crippen LogP contribution in [0.5, 0.6) is 0 Å². The molecule has 0 unspecified atom stereocenters. The summed E-state index contributed by atoms with van der Waals surface area (Å²) in [5.74, 6) is 0.755. The van der Waals surface area contributed by atoms with Gasteiger partial charge in [0.15, 0.2) is 0 Å². The van der Waals surface area contributed by atoms with Crippen molar-refractivity contribution < 1.29 is 4.52 Å². The average Bonchev–Trinajstić information content (AvgIpc) is 2.29. The van der Waals surface area contributed by atoms with E-state index in [1.54, 1.807) is 0 Å². The van der Waals surface area contributed by atoms with Gasteiger partial charge in [0.25, 0.3) is 5.56 Å². The lowest BCUT2D eigenvalue weighted by Gasteiger charge is -2.03. The quantitative estimate of drug-likeness (QED) is 0.560. The van der Waals surface area contributed by atoms with Gasteiger partial charge in [-0.15, -0.1) is 0 Å². The van der Waals surface area contributed by atoms with Crippen molar-refractivity contribution in [2.45, 2.75) is 31.7 Å². The van der Waals surface area contributed by atoms with Crippen LogP contribution >= 0.6 is 0 Å². The second kappa shape index (κ2) is 2.79. The molecule has 1 aliphatic rings. The van der Waals surface area contributed by atoms with E-state index in [4.69, 9.17) is 10.3 Å². The van der Waals surface area contributed by atoms with Gasteiger partial charge < -0.3 is 10.3 Å². The number of rotatable bonds is 0. The molecule has 4 nitrogen and oxygen atoms in total. The largest absolute Gasteiger partial charge is 0.383 e. The SMILES string of the molecule is N[C@H]1CCCCc2o[nH]c(=O)c21. The van der Waals surface area contributed by atoms with Crippen LogP contribution in [0.4, 0.5) is 0 Å². The maximum Gasteiger partial charge on any atom is 0.284 e. The Bertz CT molecular complexity index is 326. The van der Waals surface area contributed by atoms with E-state index in [9.17, 15) is 4.79 Å². The normalized spacial score (nSPS) is 23.2. The second-order valence-electron chi connectivity index (χ2n) is 3.22. The van der Waals surface area contributed by atoms with Crippen molar-refractivity contribution in [1.82, 2.24) is 5.16 Å². The average molecular weight is 168 g/mol. The van der Waals surface area contributed by atoms with Gasteiger partial charge in [0.05, 0.1) is 5.56 Å². The first-order valence-electron chi connectivity index (χ1n) is 4.25. The van der Waals surface area contributed by atoms with Crippen molar-refractivity contribution >= 4 is 0 Å². The van der Waals surface area contributed by atoms with Crippen molar-refractivity contribution in [2.75, 3.05) is 0 Å². The van der Waals surface area contributed by atoms with Crippen molar-refractivity contribution in [3.63, 3.8) is 0 Å². The molecule has 12 heavy (non-hydrogen) atoms. The maximum atomic E-state index is 11.2. The first kappa shape index (κ1) is 7.61. The molecule has 4 heteroatoms. The molecule has 1 aromatic rings. The number of aryl methyl sites for hydroxylation is 1. The van der Waals surface area contributed by atoms with Crippen molar-refractivity contribution in [3.8, 4) is 0 Å². The third-order valence-corrected chi connectivity index (χ3v) is 2.35. The fourth-order valence-electron chi connectivity index (χ4n) is 1.70. The fourth-order valence-corrected chi connectivity index (χ4v) is 1.70. The van der Waals surface area contributed by atoms with Crippen LogP contribution in [0.15, 0.2) is 9.32 Å². The summed E-state index contributed by atoms with van der Waals surface area (Å²) in [6.45, 7) is 0. The zero-order chi connectivity index (χ0) is 8.55. The van der Waals surface area contributed by atoms with Crippen LogP contribution in [0, 0.1) is 0 Å². The summed E-state index contributed by atoms with van der Waals surface area (Å²) < 4.78 is 5.02. The standard InChI is InChI=1S/C8H12N2O2/c9-5-3-1-2-4-6-7(5)8(11)10-12-6/h5H,1-4,9H2,(H,10,11)/t5-/m0/s1. The number of fused-ring (bicyclic) bond motifs is 1. The molecule has 0 saturated heterocycles. The lowest BCUT2D eigenvalue weighted by molar-refractivity contribution is 0.376. The summed E-state index contributed by atoms with van der Waals surface area (Å²) in [4.78, 5) is 11.2. The Morgan fingerprint density at radius 2 is 2.33 bits per heavy atom. The number of aromatic amines is 1. The minimum atomic E-state index is -0.153. The molecule has 1 aromatic heterocycles. The van der Waals surface area contributed by atoms with Crippen LogP contribution in [0.25, 0.3) is 0 Å². The van der Waals surface area contributed by atoms with Crippen LogP contribution in [-0.4, -0.2) is 5.16 Å². The molecule has 66 valence electrons. The summed E-state index contributed by atoms with van der Waals surface area (Å²) in [7, 11) is 0. The monoisotopic (exact) mass is 168 g/mol. The minimum absolute atomic E-state index is 0.134. The van der Waals surface area contributed by atoms with Gasteiger partial charge in [-0.1, -0.05) is 6.42 Å². The van der Waals surface area contributed by atoms with Gasteiger partial charge in [0.1, 0.15) is 5.76 Å². The summed E-state index contributed by atoms with van der Waals surface area (Å²) in [5.41, 5.74) is 6.32. The molecule has 1 aliphatic carbocycles. The number of hydrogen-bond donors (Lipinski definition) is 2. The zero-order valence-corrected chi connectivity index (χ0v) is 6.80. The van der Waals surface area contributed by atoms with E-state index in [1.807, 2.05) is 0 Å². The molecule has 0 amide bonds. The van der Waals surface area contributed by atoms with Crippen LogP contribution in [0.1, 0.15) is 36.6 Å². The van der Waals surface area contributed by atoms with E-state index in [1.165, 1.54) is 0 Å². The molecule has 0 fully saturated rings. The first-order valence-corrected chi connectivity index (χ1v) is 4.25. The number of hydrogen-bond acceptors (Lipinski definition) is 3. The summed E-state index contributed by atoms with van der Waals surface area (Å²) in [6.07, 6.45) is 3.85. The van der Waals surface area contributed by atoms with Crippen LogP contribution in [0.3, 0.4) is 0 Å². The highest BCUT2D eigenvalue weighted by atomic mass is 16.5. The van der Waals surface area contributed by atoms with Gasteiger partial charge in [-0.05, 0) is 12.8 Å². The predicted molar refractivity (Wildman–Crippen MR) is 43.8 cm³/mol. The van der Waals surface area contributed by atoms with Gasteiger partial charge in [0.2, 0.25) is 0 Å². The molecule has 1 atom stereocenters. The summed E-state index contributed by atoms with van der Waals surface area (Å²) in [6, 6.07) is -0.134. The van der Waals surface area contributed by atoms with Crippen molar-refractivity contribution in [3.05, 3.63) is 21.7 Å². The molecule has 3 N–H and O–H groups in total. The van der Waals surface area contributed by atoms with E-state index in [0.717, 1.165) is 31.4 Å². The molecule has 0 aromatic carbocycles. The number of nitrogens with two attached hydrogens (primary N) is 1. The van der Waals surface area contributed by atoms with Gasteiger partial charge in [-0.2, -0.15) is 5.16 Å². The third-order valence-electron chi connectivity index (χ3n) is 2.35. The Morgan fingerprint density at radius 3 is 3.17 bits per heavy atom. The lowest BCUT2D eigenvalue weighted by Crippen LogP contribution is -2.18. The summed E-state index contributed by atoms with van der Waals surface area (Å²) >= 11 is 0. The molecule has 1 heterocycles. The Labute approximate surface area is 69.7 Å². The zero-order valence-electron chi connectivity index (χ0n) is 6.80. The van der Waals surface area contributed by atoms with E-state index < -0.39 is 0 Å². The van der Waals surface area contributed by atoms with Crippen molar-refractivity contribution in [2.24, 2.45) is 5.73 Å². The van der Waals surface area contributed by atoms with Gasteiger partial charge in [-0.25, -0.2) is 0 Å².